The molecule has 10 heteroatoms. The molecule has 1 atom stereocenters. The quantitative estimate of drug-likeness (QED) is 0.348. The van der Waals surface area contributed by atoms with Gasteiger partial charge in [-0.05, 0) is 48.2 Å². The number of amides is 1. The van der Waals surface area contributed by atoms with E-state index in [0.29, 0.717) is 41.9 Å². The third-order valence-electron chi connectivity index (χ3n) is 5.67. The Bertz CT molecular complexity index is 1290. The summed E-state index contributed by atoms with van der Waals surface area (Å²) in [6, 6.07) is 9.10. The highest BCUT2D eigenvalue weighted by Crippen LogP contribution is 2.44. The highest BCUT2D eigenvalue weighted by atomic mass is 35.5. The Morgan fingerprint density at radius 2 is 1.69 bits per heavy atom. The van der Waals surface area contributed by atoms with Gasteiger partial charge in [0, 0.05) is 17.5 Å². The predicted molar refractivity (Wildman–Crippen MR) is 135 cm³/mol. The highest BCUT2D eigenvalue weighted by Gasteiger charge is 2.28. The molecule has 35 heavy (non-hydrogen) atoms. The van der Waals surface area contributed by atoms with Crippen molar-refractivity contribution in [2.75, 3.05) is 6.61 Å². The van der Waals surface area contributed by atoms with Crippen LogP contribution < -0.4 is 10.1 Å². The van der Waals surface area contributed by atoms with Crippen molar-refractivity contribution in [1.82, 2.24) is 5.32 Å². The van der Waals surface area contributed by atoms with E-state index >= 15 is 0 Å². The summed E-state index contributed by atoms with van der Waals surface area (Å²) in [5, 5.41) is 12.8. The summed E-state index contributed by atoms with van der Waals surface area (Å²) in [6.07, 6.45) is 1.32. The molecule has 1 aliphatic heterocycles. The van der Waals surface area contributed by atoms with Gasteiger partial charge in [0.2, 0.25) is 0 Å². The molecule has 1 amide bonds. The summed E-state index contributed by atoms with van der Waals surface area (Å²) in [7, 11) is 0. The number of fused-ring (bicyclic) bond motifs is 1. The van der Waals surface area contributed by atoms with Gasteiger partial charge in [-0.15, -0.1) is 0 Å². The van der Waals surface area contributed by atoms with Crippen molar-refractivity contribution in [3.63, 3.8) is 0 Å². The van der Waals surface area contributed by atoms with Crippen LogP contribution in [0.3, 0.4) is 0 Å². The molecular weight excluding hydrogens is 539 g/mol. The zero-order chi connectivity index (χ0) is 25.3. The van der Waals surface area contributed by atoms with E-state index in [1.54, 1.807) is 18.2 Å². The van der Waals surface area contributed by atoms with Crippen molar-refractivity contribution in [2.24, 2.45) is 0 Å². The Morgan fingerprint density at radius 3 is 2.31 bits per heavy atom. The first-order valence-corrected chi connectivity index (χ1v) is 12.1. The van der Waals surface area contributed by atoms with Crippen LogP contribution in [0.1, 0.15) is 27.9 Å². The third-order valence-corrected chi connectivity index (χ3v) is 6.89. The maximum Gasteiger partial charge on any atom is 0.326 e. The Balaban J connectivity index is 1.69. The van der Waals surface area contributed by atoms with Crippen LogP contribution in [0, 0.1) is 5.82 Å². The average Bonchev–Trinajstić information content (AvgIpc) is 2.79. The first kappa shape index (κ1) is 25.6. The monoisotopic (exact) mass is 555 g/mol. The van der Waals surface area contributed by atoms with Gasteiger partial charge in [0.05, 0.1) is 32.3 Å². The number of rotatable bonds is 6. The minimum absolute atomic E-state index is 0.00314. The number of carboxylic acids is 1. The van der Waals surface area contributed by atoms with Crippen molar-refractivity contribution in [1.29, 1.82) is 0 Å². The van der Waals surface area contributed by atoms with Gasteiger partial charge in [-0.25, -0.2) is 9.18 Å². The lowest BCUT2D eigenvalue weighted by Crippen LogP contribution is -2.42. The molecule has 182 valence electrons. The van der Waals surface area contributed by atoms with E-state index in [1.165, 1.54) is 24.3 Å². The Hall–Kier alpha value is -2.51. The van der Waals surface area contributed by atoms with Crippen molar-refractivity contribution < 1.29 is 23.8 Å². The smallest absolute Gasteiger partial charge is 0.326 e. The second-order valence-electron chi connectivity index (χ2n) is 7.94. The number of ether oxygens (including phenoxy) is 1. The fourth-order valence-corrected chi connectivity index (χ4v) is 5.32. The number of aliphatic carboxylic acids is 1. The van der Waals surface area contributed by atoms with Crippen molar-refractivity contribution >= 4 is 58.3 Å². The summed E-state index contributed by atoms with van der Waals surface area (Å²) >= 11 is 24.8. The molecule has 0 spiro atoms. The van der Waals surface area contributed by atoms with E-state index in [2.05, 4.69) is 5.32 Å². The molecule has 5 nitrogen and oxygen atoms in total. The molecule has 0 fully saturated rings. The third kappa shape index (κ3) is 5.36. The van der Waals surface area contributed by atoms with Gasteiger partial charge in [0.25, 0.3) is 5.91 Å². The number of carboxylic acid groups (broad SMARTS) is 1. The largest absolute Gasteiger partial charge is 0.493 e. The van der Waals surface area contributed by atoms with Gasteiger partial charge < -0.3 is 15.2 Å². The first-order valence-electron chi connectivity index (χ1n) is 10.6. The van der Waals surface area contributed by atoms with Crippen LogP contribution in [0.2, 0.25) is 20.1 Å². The van der Waals surface area contributed by atoms with E-state index in [-0.39, 0.29) is 32.1 Å². The molecule has 0 aliphatic carbocycles. The molecule has 0 bridgehead atoms. The Labute approximate surface area is 220 Å². The minimum Gasteiger partial charge on any atom is -0.493 e. The molecular formula is C25H18Cl4FNO4. The molecule has 0 saturated carbocycles. The van der Waals surface area contributed by atoms with Gasteiger partial charge in [-0.3, -0.25) is 4.79 Å². The maximum absolute atomic E-state index is 13.7. The molecule has 4 rings (SSSR count). The van der Waals surface area contributed by atoms with Crippen LogP contribution in [-0.2, 0) is 17.6 Å². The SMILES string of the molecule is O=C(N[C@@H](Cc1ccc(-c2c(Cl)cc(F)cc2Cl)c2c1CCCO2)C(=O)O)c1c(Cl)cccc1Cl. The molecule has 0 radical (unpaired) electrons. The van der Waals surface area contributed by atoms with E-state index in [0.717, 1.165) is 5.56 Å². The lowest BCUT2D eigenvalue weighted by Gasteiger charge is -2.25. The van der Waals surface area contributed by atoms with E-state index in [4.69, 9.17) is 51.1 Å². The molecule has 2 N–H and O–H groups in total. The van der Waals surface area contributed by atoms with E-state index < -0.39 is 23.7 Å². The van der Waals surface area contributed by atoms with Crippen molar-refractivity contribution in [2.45, 2.75) is 25.3 Å². The van der Waals surface area contributed by atoms with Crippen LogP contribution >= 0.6 is 46.4 Å². The topological polar surface area (TPSA) is 75.6 Å². The molecule has 0 unspecified atom stereocenters. The lowest BCUT2D eigenvalue weighted by atomic mass is 9.90. The Kier molecular flexibility index (Phi) is 7.77. The van der Waals surface area contributed by atoms with E-state index in [1.807, 2.05) is 0 Å². The van der Waals surface area contributed by atoms with Gasteiger partial charge in [-0.1, -0.05) is 64.6 Å². The number of halogens is 5. The van der Waals surface area contributed by atoms with Gasteiger partial charge in [0.1, 0.15) is 17.6 Å². The number of carbonyl (C=O) groups excluding carboxylic acids is 1. The number of carbonyl (C=O) groups is 2. The maximum atomic E-state index is 13.7. The van der Waals surface area contributed by atoms with Crippen LogP contribution in [0.25, 0.3) is 11.1 Å². The van der Waals surface area contributed by atoms with Crippen molar-refractivity contribution in [3.8, 4) is 16.9 Å². The average molecular weight is 557 g/mol. The number of hydrogen-bond donors (Lipinski definition) is 2. The van der Waals surface area contributed by atoms with Crippen LogP contribution in [0.15, 0.2) is 42.5 Å². The zero-order valence-corrected chi connectivity index (χ0v) is 21.0. The summed E-state index contributed by atoms with van der Waals surface area (Å²) in [6.45, 7) is 0.448. The van der Waals surface area contributed by atoms with Crippen molar-refractivity contribution in [3.05, 3.63) is 85.1 Å². The molecule has 0 aromatic heterocycles. The predicted octanol–water partition coefficient (Wildman–Crippen LogP) is 6.86. The van der Waals surface area contributed by atoms with Gasteiger partial charge >= 0.3 is 5.97 Å². The number of nitrogens with one attached hydrogen (secondary N) is 1. The molecule has 0 saturated heterocycles. The standard InChI is InChI=1S/C25H18Cl4FNO4/c26-16-4-1-5-17(27)22(16)24(32)31-20(25(33)34)9-12-6-7-15(23-14(12)3-2-8-35-23)21-18(28)10-13(30)11-19(21)29/h1,4-7,10-11,20H,2-3,8-9H2,(H,31,32)(H,33,34)/t20-/m0/s1. The van der Waals surface area contributed by atoms with Crippen LogP contribution in [0.5, 0.6) is 5.75 Å². The number of benzene rings is 3. The van der Waals surface area contributed by atoms with Gasteiger partial charge in [0.15, 0.2) is 0 Å². The molecule has 1 aliphatic rings. The summed E-state index contributed by atoms with van der Waals surface area (Å²) < 4.78 is 19.6. The van der Waals surface area contributed by atoms with E-state index in [9.17, 15) is 19.1 Å². The lowest BCUT2D eigenvalue weighted by molar-refractivity contribution is -0.139. The van der Waals surface area contributed by atoms with Gasteiger partial charge in [-0.2, -0.15) is 0 Å². The first-order chi connectivity index (χ1) is 16.7. The molecule has 3 aromatic carbocycles. The second kappa shape index (κ2) is 10.6. The highest BCUT2D eigenvalue weighted by molar-refractivity contribution is 6.40. The number of hydrogen-bond acceptors (Lipinski definition) is 3. The fourth-order valence-electron chi connectivity index (χ4n) is 4.08. The summed E-state index contributed by atoms with van der Waals surface area (Å²) in [4.78, 5) is 24.8. The molecule has 3 aromatic rings. The fraction of sp³-hybridized carbons (Fsp3) is 0.200. The van der Waals surface area contributed by atoms with Crippen LogP contribution in [-0.4, -0.2) is 29.6 Å². The summed E-state index contributed by atoms with van der Waals surface area (Å²) in [5.74, 6) is -1.97. The Morgan fingerprint density at radius 1 is 1.03 bits per heavy atom. The second-order valence-corrected chi connectivity index (χ2v) is 9.57. The normalized spacial score (nSPS) is 13.5. The van der Waals surface area contributed by atoms with Crippen LogP contribution in [0.4, 0.5) is 4.39 Å². The minimum atomic E-state index is -1.26. The zero-order valence-electron chi connectivity index (χ0n) is 18.0. The molecule has 1 heterocycles. The summed E-state index contributed by atoms with van der Waals surface area (Å²) in [5.41, 5.74) is 2.47.